The van der Waals surface area contributed by atoms with Gasteiger partial charge < -0.3 is 10.6 Å². The molecule has 1 amide bonds. The zero-order chi connectivity index (χ0) is 12.4. The summed E-state index contributed by atoms with van der Waals surface area (Å²) in [5, 5.41) is 6.29. The zero-order valence-electron chi connectivity index (χ0n) is 10.7. The maximum atomic E-state index is 11.7. The molecule has 0 aromatic carbocycles. The van der Waals surface area contributed by atoms with Crippen LogP contribution in [-0.4, -0.2) is 18.0 Å². The molecule has 94 valence electrons. The van der Waals surface area contributed by atoms with E-state index < -0.39 is 0 Å². The minimum absolute atomic E-state index is 0.116. The van der Waals surface area contributed by atoms with Crippen molar-refractivity contribution in [3.63, 3.8) is 0 Å². The fourth-order valence-electron chi connectivity index (χ4n) is 1.77. The number of hydrogen-bond donors (Lipinski definition) is 2. The summed E-state index contributed by atoms with van der Waals surface area (Å²) in [7, 11) is 0. The van der Waals surface area contributed by atoms with E-state index in [-0.39, 0.29) is 11.9 Å². The van der Waals surface area contributed by atoms with Crippen molar-refractivity contribution in [2.24, 2.45) is 0 Å². The molecular formula is C13H20N2OS. The third kappa shape index (κ3) is 3.54. The lowest BCUT2D eigenvalue weighted by Crippen LogP contribution is -2.42. The Hall–Kier alpha value is -0.870. The molecule has 0 radical (unpaired) electrons. The van der Waals surface area contributed by atoms with Crippen LogP contribution in [0.2, 0.25) is 0 Å². The Balaban J connectivity index is 1.80. The number of carbonyl (C=O) groups excluding carboxylic acids is 1. The second kappa shape index (κ2) is 5.19. The summed E-state index contributed by atoms with van der Waals surface area (Å²) in [6, 6.07) is 2.52. The minimum atomic E-state index is -0.116. The van der Waals surface area contributed by atoms with E-state index in [1.807, 2.05) is 18.3 Å². The van der Waals surface area contributed by atoms with Gasteiger partial charge in [0.1, 0.15) is 0 Å². The highest BCUT2D eigenvalue weighted by Gasteiger charge is 2.25. The number of amides is 1. The molecule has 1 heterocycles. The largest absolute Gasteiger partial charge is 0.352 e. The minimum Gasteiger partial charge on any atom is -0.352 e. The van der Waals surface area contributed by atoms with E-state index in [9.17, 15) is 4.79 Å². The number of aryl methyl sites for hydroxylation is 2. The van der Waals surface area contributed by atoms with E-state index in [0.717, 1.165) is 19.4 Å². The molecule has 1 aliphatic carbocycles. The highest BCUT2D eigenvalue weighted by Crippen LogP contribution is 2.20. The van der Waals surface area contributed by atoms with Gasteiger partial charge in [0.25, 0.3) is 0 Å². The summed E-state index contributed by atoms with van der Waals surface area (Å²) in [5.41, 5.74) is 1.30. The van der Waals surface area contributed by atoms with Gasteiger partial charge in [-0.3, -0.25) is 4.79 Å². The summed E-state index contributed by atoms with van der Waals surface area (Å²) in [6.07, 6.45) is 2.28. The SMILES string of the molecule is Cc1cc(CNC(C)C(=O)NC2CC2)c(C)s1. The summed E-state index contributed by atoms with van der Waals surface area (Å²) >= 11 is 1.81. The van der Waals surface area contributed by atoms with Crippen molar-refractivity contribution in [1.82, 2.24) is 10.6 Å². The van der Waals surface area contributed by atoms with Gasteiger partial charge in [-0.1, -0.05) is 0 Å². The van der Waals surface area contributed by atoms with Gasteiger partial charge in [0, 0.05) is 22.3 Å². The van der Waals surface area contributed by atoms with Gasteiger partial charge >= 0.3 is 0 Å². The van der Waals surface area contributed by atoms with Crippen LogP contribution < -0.4 is 10.6 Å². The maximum absolute atomic E-state index is 11.7. The Morgan fingerprint density at radius 3 is 2.76 bits per heavy atom. The lowest BCUT2D eigenvalue weighted by atomic mass is 10.2. The van der Waals surface area contributed by atoms with E-state index in [0.29, 0.717) is 6.04 Å². The summed E-state index contributed by atoms with van der Waals surface area (Å²) < 4.78 is 0. The molecule has 1 aliphatic rings. The molecule has 1 fully saturated rings. The number of rotatable bonds is 5. The van der Waals surface area contributed by atoms with Gasteiger partial charge in [-0.15, -0.1) is 11.3 Å². The average molecular weight is 252 g/mol. The molecule has 0 saturated heterocycles. The maximum Gasteiger partial charge on any atom is 0.237 e. The van der Waals surface area contributed by atoms with Crippen molar-refractivity contribution >= 4 is 17.2 Å². The Kier molecular flexibility index (Phi) is 3.84. The second-order valence-corrected chi connectivity index (χ2v) is 6.28. The molecule has 3 nitrogen and oxygen atoms in total. The molecule has 1 saturated carbocycles. The molecule has 2 N–H and O–H groups in total. The first-order valence-electron chi connectivity index (χ1n) is 6.16. The van der Waals surface area contributed by atoms with E-state index in [2.05, 4.69) is 30.5 Å². The van der Waals surface area contributed by atoms with E-state index >= 15 is 0 Å². The van der Waals surface area contributed by atoms with Crippen LogP contribution in [0.3, 0.4) is 0 Å². The predicted molar refractivity (Wildman–Crippen MR) is 71.3 cm³/mol. The molecule has 17 heavy (non-hydrogen) atoms. The highest BCUT2D eigenvalue weighted by molar-refractivity contribution is 7.12. The number of nitrogens with one attached hydrogen (secondary N) is 2. The van der Waals surface area contributed by atoms with E-state index in [4.69, 9.17) is 0 Å². The molecular weight excluding hydrogens is 232 g/mol. The van der Waals surface area contributed by atoms with Crippen LogP contribution in [0.15, 0.2) is 6.07 Å². The fourth-order valence-corrected chi connectivity index (χ4v) is 2.71. The molecule has 0 spiro atoms. The Morgan fingerprint density at radius 1 is 1.53 bits per heavy atom. The van der Waals surface area contributed by atoms with E-state index in [1.165, 1.54) is 15.3 Å². The molecule has 1 aromatic heterocycles. The normalized spacial score (nSPS) is 16.9. The molecule has 1 unspecified atom stereocenters. The van der Waals surface area contributed by atoms with Gasteiger partial charge in [-0.25, -0.2) is 0 Å². The molecule has 4 heteroatoms. The number of carbonyl (C=O) groups is 1. The second-order valence-electron chi connectivity index (χ2n) is 4.82. The van der Waals surface area contributed by atoms with Gasteiger partial charge in [-0.2, -0.15) is 0 Å². The highest BCUT2D eigenvalue weighted by atomic mass is 32.1. The predicted octanol–water partition coefficient (Wildman–Crippen LogP) is 2.12. The van der Waals surface area contributed by atoms with Gasteiger partial charge in [0.05, 0.1) is 6.04 Å². The molecule has 0 bridgehead atoms. The van der Waals surface area contributed by atoms with Crippen molar-refractivity contribution in [2.75, 3.05) is 0 Å². The quantitative estimate of drug-likeness (QED) is 0.843. The number of hydrogen-bond acceptors (Lipinski definition) is 3. The van der Waals surface area contributed by atoms with Crippen molar-refractivity contribution in [3.8, 4) is 0 Å². The van der Waals surface area contributed by atoms with Crippen LogP contribution in [0.4, 0.5) is 0 Å². The first-order chi connectivity index (χ1) is 8.06. The smallest absolute Gasteiger partial charge is 0.237 e. The van der Waals surface area contributed by atoms with E-state index in [1.54, 1.807) is 0 Å². The van der Waals surface area contributed by atoms with Crippen molar-refractivity contribution in [2.45, 2.75) is 52.2 Å². The standard InChI is InChI=1S/C13H20N2OS/c1-8-6-11(10(3)17-8)7-14-9(2)13(16)15-12-4-5-12/h6,9,12,14H,4-5,7H2,1-3H3,(H,15,16). The third-order valence-electron chi connectivity index (χ3n) is 3.06. The van der Waals surface area contributed by atoms with Crippen molar-refractivity contribution in [3.05, 3.63) is 21.4 Å². The third-order valence-corrected chi connectivity index (χ3v) is 4.07. The Labute approximate surface area is 107 Å². The van der Waals surface area contributed by atoms with Crippen LogP contribution in [-0.2, 0) is 11.3 Å². The molecule has 1 aromatic rings. The molecule has 1 atom stereocenters. The monoisotopic (exact) mass is 252 g/mol. The van der Waals surface area contributed by atoms with Crippen LogP contribution in [0.5, 0.6) is 0 Å². The average Bonchev–Trinajstić information content (AvgIpc) is 3.01. The lowest BCUT2D eigenvalue weighted by Gasteiger charge is -2.13. The van der Waals surface area contributed by atoms with Gasteiger partial charge in [0.15, 0.2) is 0 Å². The Bertz CT molecular complexity index is 410. The summed E-state index contributed by atoms with van der Waals surface area (Å²) in [4.78, 5) is 14.4. The fraction of sp³-hybridized carbons (Fsp3) is 0.615. The van der Waals surface area contributed by atoms with Gasteiger partial charge in [0.2, 0.25) is 5.91 Å². The van der Waals surface area contributed by atoms with Crippen LogP contribution in [0.1, 0.15) is 35.1 Å². The zero-order valence-corrected chi connectivity index (χ0v) is 11.5. The van der Waals surface area contributed by atoms with Crippen molar-refractivity contribution < 1.29 is 4.79 Å². The summed E-state index contributed by atoms with van der Waals surface area (Å²) in [6.45, 7) is 6.94. The van der Waals surface area contributed by atoms with Crippen LogP contribution in [0, 0.1) is 13.8 Å². The lowest BCUT2D eigenvalue weighted by molar-refractivity contribution is -0.122. The van der Waals surface area contributed by atoms with Gasteiger partial charge in [-0.05, 0) is 45.2 Å². The summed E-state index contributed by atoms with van der Waals surface area (Å²) in [5.74, 6) is 0.122. The molecule has 2 rings (SSSR count). The topological polar surface area (TPSA) is 41.1 Å². The first-order valence-corrected chi connectivity index (χ1v) is 6.97. The van der Waals surface area contributed by atoms with Crippen LogP contribution in [0.25, 0.3) is 0 Å². The van der Waals surface area contributed by atoms with Crippen LogP contribution >= 0.6 is 11.3 Å². The van der Waals surface area contributed by atoms with Crippen molar-refractivity contribution in [1.29, 1.82) is 0 Å². The molecule has 0 aliphatic heterocycles. The Morgan fingerprint density at radius 2 is 2.24 bits per heavy atom. The number of thiophene rings is 1. The first kappa shape index (κ1) is 12.6.